The summed E-state index contributed by atoms with van der Waals surface area (Å²) in [6.07, 6.45) is -10.1. The van der Waals surface area contributed by atoms with Crippen LogP contribution >= 0.6 is 0 Å². The van der Waals surface area contributed by atoms with Gasteiger partial charge in [0.25, 0.3) is 0 Å². The molecule has 0 saturated heterocycles. The van der Waals surface area contributed by atoms with Crippen molar-refractivity contribution < 1.29 is 26.3 Å². The maximum atomic E-state index is 12.4. The van der Waals surface area contributed by atoms with Crippen LogP contribution in [0.3, 0.4) is 0 Å². The van der Waals surface area contributed by atoms with Crippen molar-refractivity contribution in [3.63, 3.8) is 0 Å². The van der Waals surface area contributed by atoms with Crippen LogP contribution in [0.2, 0.25) is 0 Å². The zero-order valence-electron chi connectivity index (χ0n) is 8.86. The minimum Gasteiger partial charge on any atom is -0.170 e. The van der Waals surface area contributed by atoms with Crippen LogP contribution in [0, 0.1) is 0 Å². The molecule has 96 valence electrons. The average molecular weight is 256 g/mol. The lowest BCUT2D eigenvalue weighted by molar-refractivity contribution is -0.253. The number of hydrogen-bond acceptors (Lipinski definition) is 0. The first-order valence-corrected chi connectivity index (χ1v) is 4.88. The number of aryl methyl sites for hydroxylation is 1. The summed E-state index contributed by atoms with van der Waals surface area (Å²) in [6, 6.07) is 4.31. The average Bonchev–Trinajstić information content (AvgIpc) is 2.14. The molecule has 0 unspecified atom stereocenters. The number of hydrogen-bond donors (Lipinski definition) is 0. The van der Waals surface area contributed by atoms with Gasteiger partial charge in [0.2, 0.25) is 0 Å². The van der Waals surface area contributed by atoms with Crippen LogP contribution in [0.15, 0.2) is 24.3 Å². The monoisotopic (exact) mass is 256 g/mol. The molecular weight excluding hydrogens is 246 g/mol. The van der Waals surface area contributed by atoms with E-state index >= 15 is 0 Å². The van der Waals surface area contributed by atoms with Gasteiger partial charge in [0.1, 0.15) is 0 Å². The van der Waals surface area contributed by atoms with Crippen LogP contribution < -0.4 is 0 Å². The van der Waals surface area contributed by atoms with Gasteiger partial charge in [0, 0.05) is 0 Å². The zero-order chi connectivity index (χ0) is 13.3. The van der Waals surface area contributed by atoms with Crippen molar-refractivity contribution in [1.29, 1.82) is 0 Å². The molecule has 0 N–H and O–H groups in total. The Morgan fingerprint density at radius 3 is 1.59 bits per heavy atom. The molecule has 0 heterocycles. The Balaban J connectivity index is 3.14. The SMILES string of the molecule is CCc1ccc(C(C(F)(F)F)C(F)(F)F)cc1. The van der Waals surface area contributed by atoms with E-state index in [0.717, 1.165) is 12.1 Å². The second-order valence-corrected chi connectivity index (χ2v) is 3.61. The maximum absolute atomic E-state index is 12.4. The molecule has 0 amide bonds. The second kappa shape index (κ2) is 4.58. The van der Waals surface area contributed by atoms with Gasteiger partial charge < -0.3 is 0 Å². The molecule has 0 aliphatic rings. The third-order valence-corrected chi connectivity index (χ3v) is 2.38. The highest BCUT2D eigenvalue weighted by Gasteiger charge is 2.57. The van der Waals surface area contributed by atoms with Crippen molar-refractivity contribution in [3.05, 3.63) is 35.4 Å². The van der Waals surface area contributed by atoms with E-state index in [1.54, 1.807) is 6.92 Å². The Kier molecular flexibility index (Phi) is 3.74. The van der Waals surface area contributed by atoms with E-state index in [1.165, 1.54) is 12.1 Å². The molecule has 0 fully saturated rings. The molecule has 0 atom stereocenters. The zero-order valence-corrected chi connectivity index (χ0v) is 8.86. The smallest absolute Gasteiger partial charge is 0.170 e. The van der Waals surface area contributed by atoms with E-state index in [0.29, 0.717) is 12.0 Å². The molecule has 0 aromatic heterocycles. The van der Waals surface area contributed by atoms with Crippen LogP contribution in [0.25, 0.3) is 0 Å². The molecule has 6 heteroatoms. The molecule has 0 saturated carbocycles. The highest BCUT2D eigenvalue weighted by molar-refractivity contribution is 5.27. The van der Waals surface area contributed by atoms with Crippen molar-refractivity contribution in [1.82, 2.24) is 0 Å². The third-order valence-electron chi connectivity index (χ3n) is 2.38. The summed E-state index contributed by atoms with van der Waals surface area (Å²) >= 11 is 0. The van der Waals surface area contributed by atoms with Gasteiger partial charge in [0.15, 0.2) is 5.92 Å². The van der Waals surface area contributed by atoms with Crippen LogP contribution in [0.5, 0.6) is 0 Å². The maximum Gasteiger partial charge on any atom is 0.404 e. The van der Waals surface area contributed by atoms with Gasteiger partial charge in [-0.05, 0) is 17.5 Å². The molecular formula is C11H10F6. The lowest BCUT2D eigenvalue weighted by Crippen LogP contribution is -2.34. The summed E-state index contributed by atoms with van der Waals surface area (Å²) in [7, 11) is 0. The molecule has 1 rings (SSSR count). The van der Waals surface area contributed by atoms with Crippen molar-refractivity contribution in [3.8, 4) is 0 Å². The van der Waals surface area contributed by atoms with Crippen molar-refractivity contribution >= 4 is 0 Å². The molecule has 0 aliphatic carbocycles. The molecule has 0 bridgehead atoms. The van der Waals surface area contributed by atoms with E-state index in [1.807, 2.05) is 0 Å². The van der Waals surface area contributed by atoms with Gasteiger partial charge in [-0.3, -0.25) is 0 Å². The first kappa shape index (κ1) is 13.9. The summed E-state index contributed by atoms with van der Waals surface area (Å²) in [5, 5.41) is 0. The molecule has 0 aliphatic heterocycles. The van der Waals surface area contributed by atoms with Gasteiger partial charge in [-0.1, -0.05) is 31.2 Å². The molecule has 1 aromatic rings. The minimum absolute atomic E-state index is 0.559. The van der Waals surface area contributed by atoms with Gasteiger partial charge in [-0.25, -0.2) is 0 Å². The Morgan fingerprint density at radius 1 is 0.882 bits per heavy atom. The van der Waals surface area contributed by atoms with E-state index in [9.17, 15) is 26.3 Å². The van der Waals surface area contributed by atoms with E-state index in [4.69, 9.17) is 0 Å². The normalized spacial score (nSPS) is 13.2. The first-order valence-electron chi connectivity index (χ1n) is 4.88. The van der Waals surface area contributed by atoms with E-state index < -0.39 is 23.8 Å². The minimum atomic E-state index is -5.33. The highest BCUT2D eigenvalue weighted by atomic mass is 19.4. The number of halogens is 6. The topological polar surface area (TPSA) is 0 Å². The summed E-state index contributed by atoms with van der Waals surface area (Å²) in [5.41, 5.74) is -0.0842. The third kappa shape index (κ3) is 3.38. The number of alkyl halides is 6. The van der Waals surface area contributed by atoms with Crippen LogP contribution in [-0.4, -0.2) is 12.4 Å². The largest absolute Gasteiger partial charge is 0.404 e. The van der Waals surface area contributed by atoms with Gasteiger partial charge >= 0.3 is 12.4 Å². The van der Waals surface area contributed by atoms with Gasteiger partial charge in [0.05, 0.1) is 0 Å². The van der Waals surface area contributed by atoms with Crippen LogP contribution in [-0.2, 0) is 6.42 Å². The highest BCUT2D eigenvalue weighted by Crippen LogP contribution is 2.46. The standard InChI is InChI=1S/C11H10F6/c1-2-7-3-5-8(6-4-7)9(10(12,13)14)11(15,16)17/h3-6,9H,2H2,1H3. The fourth-order valence-electron chi connectivity index (χ4n) is 1.51. The molecule has 17 heavy (non-hydrogen) atoms. The molecule has 0 radical (unpaired) electrons. The fourth-order valence-corrected chi connectivity index (χ4v) is 1.51. The molecule has 1 aromatic carbocycles. The van der Waals surface area contributed by atoms with Crippen molar-refractivity contribution in [2.75, 3.05) is 0 Å². The lowest BCUT2D eigenvalue weighted by atomic mass is 9.96. The predicted octanol–water partition coefficient (Wildman–Crippen LogP) is 4.46. The summed E-state index contributed by atoms with van der Waals surface area (Å²) in [6.45, 7) is 1.76. The van der Waals surface area contributed by atoms with E-state index in [-0.39, 0.29) is 0 Å². The Hall–Kier alpha value is -1.20. The van der Waals surface area contributed by atoms with Gasteiger partial charge in [-0.15, -0.1) is 0 Å². The number of benzene rings is 1. The fraction of sp³-hybridized carbons (Fsp3) is 0.455. The first-order chi connectivity index (χ1) is 7.66. The van der Waals surface area contributed by atoms with Crippen molar-refractivity contribution in [2.24, 2.45) is 0 Å². The van der Waals surface area contributed by atoms with Crippen molar-refractivity contribution in [2.45, 2.75) is 31.6 Å². The number of rotatable bonds is 2. The summed E-state index contributed by atoms with van der Waals surface area (Å²) in [4.78, 5) is 0. The lowest BCUT2D eigenvalue weighted by Gasteiger charge is -2.23. The summed E-state index contributed by atoms with van der Waals surface area (Å²) < 4.78 is 74.2. The van der Waals surface area contributed by atoms with Crippen LogP contribution in [0.1, 0.15) is 24.0 Å². The molecule has 0 spiro atoms. The summed E-state index contributed by atoms with van der Waals surface area (Å²) in [5.74, 6) is -3.42. The predicted molar refractivity (Wildman–Crippen MR) is 50.7 cm³/mol. The quantitative estimate of drug-likeness (QED) is 0.685. The Bertz CT molecular complexity index is 345. The Labute approximate surface area is 94.2 Å². The van der Waals surface area contributed by atoms with Gasteiger partial charge in [-0.2, -0.15) is 26.3 Å². The second-order valence-electron chi connectivity index (χ2n) is 3.61. The van der Waals surface area contributed by atoms with E-state index in [2.05, 4.69) is 0 Å². The van der Waals surface area contributed by atoms with Crippen LogP contribution in [0.4, 0.5) is 26.3 Å². The Morgan fingerprint density at radius 2 is 1.29 bits per heavy atom. The molecule has 0 nitrogen and oxygen atoms in total.